The van der Waals surface area contributed by atoms with E-state index in [1.54, 1.807) is 17.0 Å². The van der Waals surface area contributed by atoms with E-state index in [0.29, 0.717) is 38.7 Å². The predicted molar refractivity (Wildman–Crippen MR) is 141 cm³/mol. The molecule has 7 nitrogen and oxygen atoms in total. The van der Waals surface area contributed by atoms with Crippen molar-refractivity contribution in [2.75, 3.05) is 12.0 Å². The van der Waals surface area contributed by atoms with Gasteiger partial charge in [-0.15, -0.1) is 0 Å². The number of hydrogen-bond acceptors (Lipinski definition) is 5. The second kappa shape index (κ2) is 9.39. The molecule has 0 fully saturated rings. The third-order valence-corrected chi connectivity index (χ3v) is 6.85. The van der Waals surface area contributed by atoms with Gasteiger partial charge in [0.15, 0.2) is 23.0 Å². The van der Waals surface area contributed by atoms with Crippen molar-refractivity contribution < 1.29 is 9.53 Å². The standard InChI is InChI=1S/C26H22Cl3N5O2/c1-13(2)33-23-21(31-24(33)20-19(36-4)12-30-26(29)32-20)25(35)34(18-11-17(28)8-5-14(18)3)22(23)15-6-9-16(27)10-7-15/h5-13,22H,1-4H3. The summed E-state index contributed by atoms with van der Waals surface area (Å²) >= 11 is 18.7. The lowest BCUT2D eigenvalue weighted by Gasteiger charge is -2.29. The lowest BCUT2D eigenvalue weighted by Crippen LogP contribution is -2.31. The van der Waals surface area contributed by atoms with Gasteiger partial charge in [0.2, 0.25) is 5.28 Å². The minimum absolute atomic E-state index is 0.0565. The van der Waals surface area contributed by atoms with E-state index in [0.717, 1.165) is 16.8 Å². The maximum atomic E-state index is 14.0. The number of fused-ring (bicyclic) bond motifs is 1. The van der Waals surface area contributed by atoms with Gasteiger partial charge in [-0.2, -0.15) is 0 Å². The van der Waals surface area contributed by atoms with Crippen LogP contribution in [0.5, 0.6) is 5.75 Å². The van der Waals surface area contributed by atoms with E-state index in [2.05, 4.69) is 9.97 Å². The number of amides is 1. The molecular formula is C26H22Cl3N5O2. The van der Waals surface area contributed by atoms with Crippen molar-refractivity contribution in [3.05, 3.63) is 86.5 Å². The quantitative estimate of drug-likeness (QED) is 0.255. The maximum Gasteiger partial charge on any atom is 0.279 e. The topological polar surface area (TPSA) is 73.1 Å². The molecule has 4 aromatic rings. The molecule has 1 aliphatic heterocycles. The minimum atomic E-state index is -0.478. The van der Waals surface area contributed by atoms with Crippen molar-refractivity contribution >= 4 is 46.4 Å². The lowest BCUT2D eigenvalue weighted by atomic mass is 10.0. The normalized spacial score (nSPS) is 15.1. The number of nitrogens with zero attached hydrogens (tertiary/aromatic N) is 5. The molecule has 184 valence electrons. The number of aromatic nitrogens is 4. The number of methoxy groups -OCH3 is 1. The Hall–Kier alpha value is -3.13. The molecule has 0 saturated carbocycles. The van der Waals surface area contributed by atoms with Crippen LogP contribution in [0.4, 0.5) is 5.69 Å². The number of halogens is 3. The summed E-state index contributed by atoms with van der Waals surface area (Å²) in [6, 6.07) is 12.4. The van der Waals surface area contributed by atoms with Crippen LogP contribution < -0.4 is 9.64 Å². The summed E-state index contributed by atoms with van der Waals surface area (Å²) < 4.78 is 7.51. The van der Waals surface area contributed by atoms with Gasteiger partial charge >= 0.3 is 0 Å². The number of anilines is 1. The highest BCUT2D eigenvalue weighted by atomic mass is 35.5. The van der Waals surface area contributed by atoms with Crippen LogP contribution in [0, 0.1) is 6.92 Å². The van der Waals surface area contributed by atoms with E-state index in [1.165, 1.54) is 13.3 Å². The second-order valence-corrected chi connectivity index (χ2v) is 9.96. The predicted octanol–water partition coefficient (Wildman–Crippen LogP) is 6.95. The molecule has 0 bridgehead atoms. The van der Waals surface area contributed by atoms with Gasteiger partial charge in [-0.1, -0.05) is 41.4 Å². The number of hydrogen-bond donors (Lipinski definition) is 0. The lowest BCUT2D eigenvalue weighted by molar-refractivity contribution is 0.0989. The molecular weight excluding hydrogens is 521 g/mol. The summed E-state index contributed by atoms with van der Waals surface area (Å²) in [5.74, 6) is 0.643. The highest BCUT2D eigenvalue weighted by molar-refractivity contribution is 6.31. The smallest absolute Gasteiger partial charge is 0.279 e. The summed E-state index contributed by atoms with van der Waals surface area (Å²) in [6.45, 7) is 6.00. The van der Waals surface area contributed by atoms with Crippen LogP contribution >= 0.6 is 34.8 Å². The van der Waals surface area contributed by atoms with Gasteiger partial charge in [-0.05, 0) is 67.8 Å². The largest absolute Gasteiger partial charge is 0.493 e. The van der Waals surface area contributed by atoms with Crippen LogP contribution in [0.15, 0.2) is 48.7 Å². The van der Waals surface area contributed by atoms with Crippen molar-refractivity contribution in [2.45, 2.75) is 32.9 Å². The molecule has 36 heavy (non-hydrogen) atoms. The summed E-state index contributed by atoms with van der Waals surface area (Å²) in [7, 11) is 1.53. The van der Waals surface area contributed by atoms with E-state index >= 15 is 0 Å². The Kier molecular flexibility index (Phi) is 6.41. The van der Waals surface area contributed by atoms with Gasteiger partial charge in [-0.25, -0.2) is 15.0 Å². The highest BCUT2D eigenvalue weighted by Crippen LogP contribution is 2.46. The Balaban J connectivity index is 1.81. The van der Waals surface area contributed by atoms with Crippen LogP contribution in [0.1, 0.15) is 53.2 Å². The van der Waals surface area contributed by atoms with Crippen molar-refractivity contribution in [1.29, 1.82) is 0 Å². The number of carbonyl (C=O) groups excluding carboxylic acids is 1. The minimum Gasteiger partial charge on any atom is -0.493 e. The van der Waals surface area contributed by atoms with Crippen molar-refractivity contribution in [1.82, 2.24) is 19.5 Å². The molecule has 1 unspecified atom stereocenters. The molecule has 0 radical (unpaired) electrons. The monoisotopic (exact) mass is 541 g/mol. The zero-order valence-corrected chi connectivity index (χ0v) is 22.2. The molecule has 3 heterocycles. The molecule has 10 heteroatoms. The zero-order valence-electron chi connectivity index (χ0n) is 20.0. The van der Waals surface area contributed by atoms with Gasteiger partial charge < -0.3 is 9.30 Å². The van der Waals surface area contributed by atoms with E-state index in [-0.39, 0.29) is 17.2 Å². The van der Waals surface area contributed by atoms with Crippen LogP contribution in [0.25, 0.3) is 11.5 Å². The molecule has 0 aliphatic carbocycles. The first-order valence-electron chi connectivity index (χ1n) is 11.3. The molecule has 1 aliphatic rings. The van der Waals surface area contributed by atoms with E-state index in [1.807, 2.05) is 55.7 Å². The first-order chi connectivity index (χ1) is 17.2. The first kappa shape index (κ1) is 24.6. The molecule has 0 N–H and O–H groups in total. The van der Waals surface area contributed by atoms with Gasteiger partial charge in [0.25, 0.3) is 5.91 Å². The summed E-state index contributed by atoms with van der Waals surface area (Å²) in [5.41, 5.74) is 3.99. The number of aryl methyl sites for hydroxylation is 1. The summed E-state index contributed by atoms with van der Waals surface area (Å²) in [6.07, 6.45) is 1.50. The van der Waals surface area contributed by atoms with Crippen molar-refractivity contribution in [3.8, 4) is 17.3 Å². The van der Waals surface area contributed by atoms with Gasteiger partial charge in [0, 0.05) is 21.8 Å². The Morgan fingerprint density at radius 3 is 2.33 bits per heavy atom. The fraction of sp³-hybridized carbons (Fsp3) is 0.231. The average molecular weight is 543 g/mol. The molecule has 0 spiro atoms. The van der Waals surface area contributed by atoms with Crippen molar-refractivity contribution in [3.63, 3.8) is 0 Å². The van der Waals surface area contributed by atoms with Gasteiger partial charge in [-0.3, -0.25) is 9.69 Å². The third-order valence-electron chi connectivity index (χ3n) is 6.18. The van der Waals surface area contributed by atoms with Gasteiger partial charge in [0.05, 0.1) is 19.0 Å². The van der Waals surface area contributed by atoms with Crippen molar-refractivity contribution in [2.24, 2.45) is 0 Å². The third kappa shape index (κ3) is 4.01. The SMILES string of the molecule is COc1cnc(Cl)nc1-c1nc2c(n1C(C)C)C(c1ccc(Cl)cc1)N(c1cc(Cl)ccc1C)C2=O. The molecule has 1 amide bonds. The van der Waals surface area contributed by atoms with Crippen LogP contribution in [0.2, 0.25) is 15.3 Å². The Morgan fingerprint density at radius 2 is 1.67 bits per heavy atom. The van der Waals surface area contributed by atoms with E-state index in [9.17, 15) is 4.79 Å². The fourth-order valence-corrected chi connectivity index (χ4v) is 5.03. The van der Waals surface area contributed by atoms with Crippen LogP contribution in [-0.4, -0.2) is 32.5 Å². The number of rotatable bonds is 5. The molecule has 0 saturated heterocycles. The molecule has 2 aromatic carbocycles. The summed E-state index contributed by atoms with van der Waals surface area (Å²) in [4.78, 5) is 29.0. The molecule has 5 rings (SSSR count). The fourth-order valence-electron chi connectivity index (χ4n) is 4.61. The number of imidazole rings is 1. The summed E-state index contributed by atoms with van der Waals surface area (Å²) in [5, 5.41) is 1.20. The van der Waals surface area contributed by atoms with E-state index in [4.69, 9.17) is 44.5 Å². The Morgan fingerprint density at radius 1 is 0.972 bits per heavy atom. The van der Waals surface area contributed by atoms with Gasteiger partial charge in [0.1, 0.15) is 6.04 Å². The number of benzene rings is 2. The van der Waals surface area contributed by atoms with Crippen LogP contribution in [0.3, 0.4) is 0 Å². The Bertz CT molecular complexity index is 1480. The Labute approximate surface area is 223 Å². The highest BCUT2D eigenvalue weighted by Gasteiger charge is 2.45. The molecule has 2 aromatic heterocycles. The maximum absolute atomic E-state index is 14.0. The molecule has 1 atom stereocenters. The average Bonchev–Trinajstić information content (AvgIpc) is 3.36. The number of ether oxygens (including phenoxy) is 1. The first-order valence-corrected chi connectivity index (χ1v) is 12.4. The van der Waals surface area contributed by atoms with Crippen LogP contribution in [-0.2, 0) is 0 Å². The number of carbonyl (C=O) groups is 1. The van der Waals surface area contributed by atoms with E-state index < -0.39 is 6.04 Å². The second-order valence-electron chi connectivity index (χ2n) is 8.75. The zero-order chi connectivity index (χ0) is 25.7.